The fourth-order valence-electron chi connectivity index (χ4n) is 1.26. The molecule has 0 spiro atoms. The van der Waals surface area contributed by atoms with Gasteiger partial charge in [-0.05, 0) is 36.4 Å². The van der Waals surface area contributed by atoms with Crippen LogP contribution in [-0.4, -0.2) is 10.2 Å². The molecule has 0 saturated carbocycles. The highest BCUT2D eigenvalue weighted by Crippen LogP contribution is 2.40. The number of benzene rings is 2. The van der Waals surface area contributed by atoms with Gasteiger partial charge in [-0.1, -0.05) is 42.4 Å². The third kappa shape index (κ3) is 3.48. The van der Waals surface area contributed by atoms with Crippen LogP contribution in [0.1, 0.15) is 7.43 Å². The zero-order valence-electron chi connectivity index (χ0n) is 8.52. The standard InChI is InChI=1S/C12H8Cl2O2S.CH4/c13-7-1-3-9(15)11(5-7)17-12-6-8(14)2-4-10(12)16;/h1-6,15-16H;1H4. The van der Waals surface area contributed by atoms with Crippen LogP contribution in [0.2, 0.25) is 10.0 Å². The van der Waals surface area contributed by atoms with E-state index in [1.807, 2.05) is 0 Å². The molecule has 5 heteroatoms. The quantitative estimate of drug-likeness (QED) is 0.802. The summed E-state index contributed by atoms with van der Waals surface area (Å²) in [4.78, 5) is 1.13. The highest BCUT2D eigenvalue weighted by Gasteiger charge is 2.08. The van der Waals surface area contributed by atoms with Crippen molar-refractivity contribution in [2.75, 3.05) is 0 Å². The molecule has 18 heavy (non-hydrogen) atoms. The minimum atomic E-state index is 0. The number of phenols is 2. The average Bonchev–Trinajstić information content (AvgIpc) is 2.28. The number of halogens is 2. The predicted molar refractivity (Wildman–Crippen MR) is 77.1 cm³/mol. The molecule has 0 heterocycles. The second-order valence-electron chi connectivity index (χ2n) is 3.33. The highest BCUT2D eigenvalue weighted by atomic mass is 35.5. The first-order valence-electron chi connectivity index (χ1n) is 4.71. The maximum atomic E-state index is 9.66. The Labute approximate surface area is 120 Å². The zero-order chi connectivity index (χ0) is 12.4. The molecule has 0 atom stereocenters. The Bertz CT molecular complexity index is 509. The van der Waals surface area contributed by atoms with E-state index in [4.69, 9.17) is 23.2 Å². The SMILES string of the molecule is C.Oc1ccc(Cl)cc1Sc1cc(Cl)ccc1O. The maximum absolute atomic E-state index is 9.66. The summed E-state index contributed by atoms with van der Waals surface area (Å²) < 4.78 is 0. The van der Waals surface area contributed by atoms with Crippen LogP contribution >= 0.6 is 35.0 Å². The Morgan fingerprint density at radius 1 is 0.778 bits per heavy atom. The summed E-state index contributed by atoms with van der Waals surface area (Å²) in [6, 6.07) is 9.46. The lowest BCUT2D eigenvalue weighted by molar-refractivity contribution is 0.460. The van der Waals surface area contributed by atoms with Gasteiger partial charge in [0.05, 0.1) is 9.79 Å². The van der Waals surface area contributed by atoms with Crippen molar-refractivity contribution in [2.45, 2.75) is 17.2 Å². The molecule has 0 unspecified atom stereocenters. The van der Waals surface area contributed by atoms with Gasteiger partial charge in [0.15, 0.2) is 0 Å². The Hall–Kier alpha value is -1.03. The van der Waals surface area contributed by atoms with Gasteiger partial charge < -0.3 is 10.2 Å². The first-order chi connectivity index (χ1) is 8.06. The van der Waals surface area contributed by atoms with Crippen LogP contribution in [0.5, 0.6) is 11.5 Å². The first kappa shape index (κ1) is 15.0. The molecule has 2 aromatic rings. The fraction of sp³-hybridized carbons (Fsp3) is 0.0769. The molecule has 0 aliphatic carbocycles. The summed E-state index contributed by atoms with van der Waals surface area (Å²) in [5.74, 6) is 0.220. The third-order valence-corrected chi connectivity index (χ3v) is 3.63. The van der Waals surface area contributed by atoms with Crippen molar-refractivity contribution >= 4 is 35.0 Å². The lowest BCUT2D eigenvalue weighted by Gasteiger charge is -2.07. The maximum Gasteiger partial charge on any atom is 0.129 e. The average molecular weight is 303 g/mol. The molecule has 0 bridgehead atoms. The number of aromatic hydroxyl groups is 2. The summed E-state index contributed by atoms with van der Waals surface area (Å²) >= 11 is 12.9. The number of hydrogen-bond acceptors (Lipinski definition) is 3. The highest BCUT2D eigenvalue weighted by molar-refractivity contribution is 7.99. The molecule has 0 amide bonds. The van der Waals surface area contributed by atoms with E-state index in [-0.39, 0.29) is 18.9 Å². The van der Waals surface area contributed by atoms with Crippen LogP contribution in [-0.2, 0) is 0 Å². The molecule has 0 aliphatic rings. The molecule has 2 rings (SSSR count). The van der Waals surface area contributed by atoms with Crippen molar-refractivity contribution in [1.29, 1.82) is 0 Å². The van der Waals surface area contributed by atoms with E-state index in [2.05, 4.69) is 0 Å². The van der Waals surface area contributed by atoms with Crippen molar-refractivity contribution in [3.63, 3.8) is 0 Å². The van der Waals surface area contributed by atoms with E-state index < -0.39 is 0 Å². The molecule has 0 saturated heterocycles. The lowest BCUT2D eigenvalue weighted by atomic mass is 10.3. The molecule has 96 valence electrons. The van der Waals surface area contributed by atoms with Gasteiger partial charge in [-0.2, -0.15) is 0 Å². The molecule has 0 aromatic heterocycles. The predicted octanol–water partition coefficient (Wildman–Crippen LogP) is 5.19. The van der Waals surface area contributed by atoms with Gasteiger partial charge in [-0.25, -0.2) is 0 Å². The van der Waals surface area contributed by atoms with Crippen molar-refractivity contribution in [1.82, 2.24) is 0 Å². The van der Waals surface area contributed by atoms with Crippen molar-refractivity contribution in [2.24, 2.45) is 0 Å². The van der Waals surface area contributed by atoms with E-state index in [0.29, 0.717) is 19.8 Å². The minimum Gasteiger partial charge on any atom is -0.507 e. The van der Waals surface area contributed by atoms with Gasteiger partial charge in [0.25, 0.3) is 0 Å². The molecular weight excluding hydrogens is 291 g/mol. The fourth-order valence-corrected chi connectivity index (χ4v) is 2.69. The van der Waals surface area contributed by atoms with Crippen LogP contribution < -0.4 is 0 Å². The van der Waals surface area contributed by atoms with E-state index in [1.165, 1.54) is 23.9 Å². The van der Waals surface area contributed by atoms with Crippen LogP contribution in [0.15, 0.2) is 46.2 Å². The monoisotopic (exact) mass is 302 g/mol. The summed E-state index contributed by atoms with van der Waals surface area (Å²) in [5, 5.41) is 20.4. The first-order valence-corrected chi connectivity index (χ1v) is 6.28. The number of hydrogen-bond donors (Lipinski definition) is 2. The largest absolute Gasteiger partial charge is 0.507 e. The second-order valence-corrected chi connectivity index (χ2v) is 5.28. The van der Waals surface area contributed by atoms with Crippen molar-refractivity contribution < 1.29 is 10.2 Å². The smallest absolute Gasteiger partial charge is 0.129 e. The summed E-state index contributed by atoms with van der Waals surface area (Å²) in [5.41, 5.74) is 0. The van der Waals surface area contributed by atoms with Gasteiger partial charge in [-0.3, -0.25) is 0 Å². The van der Waals surface area contributed by atoms with Gasteiger partial charge >= 0.3 is 0 Å². The normalized spacial score (nSPS) is 9.89. The summed E-state index contributed by atoms with van der Waals surface area (Å²) in [7, 11) is 0. The molecule has 0 radical (unpaired) electrons. The van der Waals surface area contributed by atoms with Gasteiger partial charge in [0, 0.05) is 10.0 Å². The van der Waals surface area contributed by atoms with E-state index in [0.717, 1.165) is 0 Å². The van der Waals surface area contributed by atoms with Crippen LogP contribution in [0.4, 0.5) is 0 Å². The van der Waals surface area contributed by atoms with Crippen LogP contribution in [0.3, 0.4) is 0 Å². The molecule has 2 N–H and O–H groups in total. The molecule has 2 nitrogen and oxygen atoms in total. The Kier molecular flexibility index (Phi) is 5.20. The molecule has 0 aliphatic heterocycles. The minimum absolute atomic E-state index is 0. The number of rotatable bonds is 2. The summed E-state index contributed by atoms with van der Waals surface area (Å²) in [6.45, 7) is 0. The van der Waals surface area contributed by atoms with Crippen molar-refractivity contribution in [3.8, 4) is 11.5 Å². The topological polar surface area (TPSA) is 40.5 Å². The summed E-state index contributed by atoms with van der Waals surface area (Å²) in [6.07, 6.45) is 0. The van der Waals surface area contributed by atoms with Crippen molar-refractivity contribution in [3.05, 3.63) is 46.4 Å². The third-order valence-electron chi connectivity index (χ3n) is 2.06. The van der Waals surface area contributed by atoms with Crippen LogP contribution in [0.25, 0.3) is 0 Å². The van der Waals surface area contributed by atoms with E-state index in [9.17, 15) is 10.2 Å². The molecule has 0 fully saturated rings. The lowest BCUT2D eigenvalue weighted by Crippen LogP contribution is -1.78. The Morgan fingerprint density at radius 3 is 1.56 bits per heavy atom. The molecular formula is C13H12Cl2O2S. The van der Waals surface area contributed by atoms with Gasteiger partial charge in [0.2, 0.25) is 0 Å². The Morgan fingerprint density at radius 2 is 1.17 bits per heavy atom. The molecule has 2 aromatic carbocycles. The van der Waals surface area contributed by atoms with Gasteiger partial charge in [-0.15, -0.1) is 0 Å². The Balaban J connectivity index is 0.00000162. The second kappa shape index (κ2) is 6.23. The van der Waals surface area contributed by atoms with E-state index in [1.54, 1.807) is 24.3 Å². The van der Waals surface area contributed by atoms with E-state index >= 15 is 0 Å². The van der Waals surface area contributed by atoms with Gasteiger partial charge in [0.1, 0.15) is 11.5 Å². The van der Waals surface area contributed by atoms with Crippen LogP contribution in [0, 0.1) is 0 Å². The zero-order valence-corrected chi connectivity index (χ0v) is 10.9. The number of phenolic OH excluding ortho intramolecular Hbond substituents is 2.